The van der Waals surface area contributed by atoms with E-state index in [0.29, 0.717) is 6.07 Å². The highest BCUT2D eigenvalue weighted by molar-refractivity contribution is 7.90. The van der Waals surface area contributed by atoms with Crippen LogP contribution >= 0.6 is 11.6 Å². The molecule has 152 valence electrons. The summed E-state index contributed by atoms with van der Waals surface area (Å²) in [7, 11) is -8.79. The molecule has 0 unspecified atom stereocenters. The van der Waals surface area contributed by atoms with Crippen LogP contribution in [0.15, 0.2) is 46.7 Å². The number of rotatable bonds is 5. The molecule has 3 aromatic rings. The fourth-order valence-electron chi connectivity index (χ4n) is 2.17. The molecule has 0 saturated heterocycles. The average molecular weight is 459 g/mol. The average Bonchev–Trinajstić information content (AvgIpc) is 3.14. The lowest BCUT2D eigenvalue weighted by Crippen LogP contribution is -2.21. The molecule has 0 bridgehead atoms. The number of carbonyl (C=O) groups excluding carboxylic acids is 1. The van der Waals surface area contributed by atoms with Gasteiger partial charge < -0.3 is 5.32 Å². The molecule has 0 aliphatic carbocycles. The molecule has 3 rings (SSSR count). The zero-order valence-electron chi connectivity index (χ0n) is 14.1. The number of nitrogens with two attached hydrogens (primary N) is 2. The molecular weight excluding hydrogens is 448 g/mol. The third kappa shape index (κ3) is 4.54. The van der Waals surface area contributed by atoms with Crippen LogP contribution in [-0.4, -0.2) is 47.7 Å². The minimum Gasteiger partial charge on any atom is -0.319 e. The zero-order chi connectivity index (χ0) is 21.4. The molecule has 0 aliphatic rings. The van der Waals surface area contributed by atoms with Crippen LogP contribution in [0.25, 0.3) is 5.82 Å². The number of sulfonamides is 2. The van der Waals surface area contributed by atoms with Crippen LogP contribution in [-0.2, 0) is 20.0 Å². The SMILES string of the molecule is NS(=O)(=O)c1cc(S(N)(=O)=O)c(NC(=O)c2ccc(-n3cncn3)nn2)cc1Cl. The van der Waals surface area contributed by atoms with Crippen LogP contribution in [0, 0.1) is 0 Å². The second-order valence-corrected chi connectivity index (χ2v) is 8.91. The van der Waals surface area contributed by atoms with Crippen LogP contribution in [0.2, 0.25) is 5.02 Å². The van der Waals surface area contributed by atoms with Gasteiger partial charge in [-0.05, 0) is 24.3 Å². The smallest absolute Gasteiger partial charge is 0.276 e. The third-order valence-electron chi connectivity index (χ3n) is 3.43. The van der Waals surface area contributed by atoms with Crippen molar-refractivity contribution in [3.05, 3.63) is 47.6 Å². The zero-order valence-corrected chi connectivity index (χ0v) is 16.5. The molecule has 16 heteroatoms. The monoisotopic (exact) mass is 458 g/mol. The first-order chi connectivity index (χ1) is 13.5. The molecule has 0 saturated carbocycles. The number of carbonyl (C=O) groups is 1. The van der Waals surface area contributed by atoms with Crippen LogP contribution in [0.5, 0.6) is 0 Å². The van der Waals surface area contributed by atoms with E-state index >= 15 is 0 Å². The lowest BCUT2D eigenvalue weighted by atomic mass is 10.3. The topological polar surface area (TPSA) is 206 Å². The predicted octanol–water partition coefficient (Wildman–Crippen LogP) is -0.742. The Morgan fingerprint density at radius 3 is 2.24 bits per heavy atom. The molecule has 0 radical (unpaired) electrons. The van der Waals surface area contributed by atoms with Crippen molar-refractivity contribution in [2.24, 2.45) is 10.3 Å². The summed E-state index contributed by atoms with van der Waals surface area (Å²) in [6.07, 6.45) is 2.66. The Balaban J connectivity index is 1.97. The summed E-state index contributed by atoms with van der Waals surface area (Å²) < 4.78 is 48.1. The Labute approximate surface area is 168 Å². The molecule has 2 aromatic heterocycles. The predicted molar refractivity (Wildman–Crippen MR) is 99.1 cm³/mol. The summed E-state index contributed by atoms with van der Waals surface area (Å²) in [6, 6.07) is 4.28. The lowest BCUT2D eigenvalue weighted by molar-refractivity contribution is 0.102. The van der Waals surface area contributed by atoms with E-state index in [2.05, 4.69) is 25.6 Å². The van der Waals surface area contributed by atoms with E-state index in [0.717, 1.165) is 6.07 Å². The molecule has 2 heterocycles. The Morgan fingerprint density at radius 2 is 1.72 bits per heavy atom. The van der Waals surface area contributed by atoms with Crippen LogP contribution < -0.4 is 15.6 Å². The summed E-state index contributed by atoms with van der Waals surface area (Å²) in [5, 5.41) is 23.3. The first-order valence-corrected chi connectivity index (χ1v) is 10.8. The highest BCUT2D eigenvalue weighted by Crippen LogP contribution is 2.30. The van der Waals surface area contributed by atoms with E-state index in [4.69, 9.17) is 21.9 Å². The van der Waals surface area contributed by atoms with E-state index in [9.17, 15) is 21.6 Å². The number of anilines is 1. The fraction of sp³-hybridized carbons (Fsp3) is 0. The Hall–Kier alpha value is -2.98. The highest BCUT2D eigenvalue weighted by atomic mass is 35.5. The van der Waals surface area contributed by atoms with Gasteiger partial charge in [0.05, 0.1) is 10.7 Å². The molecule has 29 heavy (non-hydrogen) atoms. The van der Waals surface area contributed by atoms with Crippen molar-refractivity contribution >= 4 is 43.2 Å². The number of hydrogen-bond acceptors (Lipinski definition) is 9. The number of hydrogen-bond donors (Lipinski definition) is 3. The Kier molecular flexibility index (Phi) is 5.33. The molecular formula is C13H11ClN8O5S2. The van der Waals surface area contributed by atoms with Gasteiger partial charge >= 0.3 is 0 Å². The van der Waals surface area contributed by atoms with E-state index in [1.54, 1.807) is 0 Å². The second-order valence-electron chi connectivity index (χ2n) is 5.44. The van der Waals surface area contributed by atoms with E-state index in [-0.39, 0.29) is 17.2 Å². The molecule has 1 aromatic carbocycles. The number of nitrogens with one attached hydrogen (secondary N) is 1. The summed E-state index contributed by atoms with van der Waals surface area (Å²) in [4.78, 5) is 14.8. The quantitative estimate of drug-likeness (QED) is 0.439. The summed E-state index contributed by atoms with van der Waals surface area (Å²) in [5.41, 5.74) is -0.544. The first-order valence-electron chi connectivity index (χ1n) is 7.36. The molecule has 0 aliphatic heterocycles. The molecule has 0 fully saturated rings. The van der Waals surface area contributed by atoms with Crippen molar-refractivity contribution in [3.63, 3.8) is 0 Å². The van der Waals surface area contributed by atoms with Gasteiger partial charge in [0.25, 0.3) is 5.91 Å². The standard InChI is InChI=1S/C13H11ClN8O5S2/c14-7-3-9(11(29(16,26)27)4-10(7)28(15,24)25)19-13(23)8-1-2-12(21-20-8)22-6-17-5-18-22/h1-6H,(H,19,23)(H2,15,24,25)(H2,16,26,27). The van der Waals surface area contributed by atoms with Gasteiger partial charge in [0.2, 0.25) is 20.0 Å². The molecule has 1 amide bonds. The fourth-order valence-corrected chi connectivity index (χ4v) is 4.04. The molecule has 0 atom stereocenters. The molecule has 13 nitrogen and oxygen atoms in total. The summed E-state index contributed by atoms with van der Waals surface area (Å²) >= 11 is 5.85. The number of primary sulfonamides is 2. The van der Waals surface area contributed by atoms with Gasteiger partial charge in [-0.1, -0.05) is 11.6 Å². The summed E-state index contributed by atoms with van der Waals surface area (Å²) in [5.74, 6) is -0.572. The third-order valence-corrected chi connectivity index (χ3v) is 5.76. The van der Waals surface area contributed by atoms with Crippen LogP contribution in [0.4, 0.5) is 5.69 Å². The van der Waals surface area contributed by atoms with E-state index in [1.165, 1.54) is 29.5 Å². The summed E-state index contributed by atoms with van der Waals surface area (Å²) in [6.45, 7) is 0. The van der Waals surface area contributed by atoms with E-state index < -0.39 is 40.8 Å². The van der Waals surface area contributed by atoms with Crippen LogP contribution in [0.1, 0.15) is 10.5 Å². The maximum absolute atomic E-state index is 12.4. The number of amides is 1. The Morgan fingerprint density at radius 1 is 1.03 bits per heavy atom. The normalized spacial score (nSPS) is 12.0. The highest BCUT2D eigenvalue weighted by Gasteiger charge is 2.24. The van der Waals surface area contributed by atoms with Gasteiger partial charge in [0.1, 0.15) is 22.4 Å². The van der Waals surface area contributed by atoms with Crippen LogP contribution in [0.3, 0.4) is 0 Å². The number of halogens is 1. The van der Waals surface area contributed by atoms with Gasteiger partial charge in [-0.2, -0.15) is 5.10 Å². The van der Waals surface area contributed by atoms with Gasteiger partial charge in [0, 0.05) is 0 Å². The maximum atomic E-state index is 12.4. The van der Waals surface area contributed by atoms with Crippen molar-refractivity contribution in [1.82, 2.24) is 25.0 Å². The van der Waals surface area contributed by atoms with Gasteiger partial charge in [-0.15, -0.1) is 10.2 Å². The van der Waals surface area contributed by atoms with Gasteiger partial charge in [-0.3, -0.25) is 4.79 Å². The number of nitrogens with zero attached hydrogens (tertiary/aromatic N) is 5. The van der Waals surface area contributed by atoms with Crippen molar-refractivity contribution in [3.8, 4) is 5.82 Å². The lowest BCUT2D eigenvalue weighted by Gasteiger charge is -2.12. The molecule has 0 spiro atoms. The van der Waals surface area contributed by atoms with Crippen molar-refractivity contribution in [2.45, 2.75) is 9.79 Å². The van der Waals surface area contributed by atoms with Gasteiger partial charge in [-0.25, -0.2) is 36.8 Å². The maximum Gasteiger partial charge on any atom is 0.276 e. The second kappa shape index (κ2) is 7.45. The largest absolute Gasteiger partial charge is 0.319 e. The van der Waals surface area contributed by atoms with Crippen molar-refractivity contribution in [1.29, 1.82) is 0 Å². The Bertz CT molecular complexity index is 1290. The van der Waals surface area contributed by atoms with E-state index in [1.807, 2.05) is 0 Å². The number of benzene rings is 1. The minimum absolute atomic E-state index is 0.180. The van der Waals surface area contributed by atoms with Crippen molar-refractivity contribution < 1.29 is 21.6 Å². The minimum atomic E-state index is -4.45. The molecule has 5 N–H and O–H groups in total. The van der Waals surface area contributed by atoms with Crippen molar-refractivity contribution in [2.75, 3.05) is 5.32 Å². The van der Waals surface area contributed by atoms with Gasteiger partial charge in [0.15, 0.2) is 11.5 Å². The number of aromatic nitrogens is 5. The first kappa shape index (κ1) is 20.7.